The van der Waals surface area contributed by atoms with Gasteiger partial charge in [-0.25, -0.2) is 12.8 Å². The monoisotopic (exact) mass is 585 g/mol. The van der Waals surface area contributed by atoms with Crippen molar-refractivity contribution in [2.75, 3.05) is 17.1 Å². The number of benzene rings is 2. The third-order valence-electron chi connectivity index (χ3n) is 6.75. The molecule has 2 aromatic carbocycles. The molecule has 0 saturated heterocycles. The second-order valence-corrected chi connectivity index (χ2v) is 12.4. The topological polar surface area (TPSA) is 86.8 Å². The van der Waals surface area contributed by atoms with Crippen LogP contribution in [0.3, 0.4) is 0 Å². The Hall–Kier alpha value is -2.36. The molecule has 1 aliphatic rings. The third-order valence-corrected chi connectivity index (χ3v) is 8.48. The zero-order valence-electron chi connectivity index (χ0n) is 21.6. The van der Waals surface area contributed by atoms with Gasteiger partial charge in [-0.1, -0.05) is 60.7 Å². The molecule has 0 aliphatic heterocycles. The van der Waals surface area contributed by atoms with E-state index in [-0.39, 0.29) is 54.5 Å². The molecule has 0 aromatic heterocycles. The van der Waals surface area contributed by atoms with Gasteiger partial charge in [-0.15, -0.1) is 0 Å². The van der Waals surface area contributed by atoms with Crippen molar-refractivity contribution in [2.24, 2.45) is 0 Å². The zero-order valence-corrected chi connectivity index (χ0v) is 24.0. The molecule has 0 radical (unpaired) electrons. The van der Waals surface area contributed by atoms with Crippen LogP contribution < -0.4 is 9.62 Å². The maximum absolute atomic E-state index is 14.5. The molecule has 7 nitrogen and oxygen atoms in total. The van der Waals surface area contributed by atoms with Crippen molar-refractivity contribution in [3.05, 3.63) is 63.9 Å². The maximum Gasteiger partial charge on any atom is 0.242 e. The molecule has 3 rings (SSSR count). The molecule has 0 bridgehead atoms. The lowest BCUT2D eigenvalue weighted by Gasteiger charge is -2.31. The first-order valence-electron chi connectivity index (χ1n) is 12.7. The van der Waals surface area contributed by atoms with Crippen LogP contribution in [0.1, 0.15) is 57.4 Å². The standard InChI is InChI=1S/C27H34Cl2FN3O4S/c1-19(27(35)31-22-10-4-3-5-11-22)32(18-20-9-6-7-12-24(20)30)26(34)13-8-16-33(38(2,36)37)25-17-21(28)14-15-23(25)29/h6-7,9,12,14-15,17,19,22H,3-5,8,10-11,13,16,18H2,1-2H3,(H,31,35). The Labute approximate surface area is 234 Å². The van der Waals surface area contributed by atoms with Gasteiger partial charge in [0.1, 0.15) is 11.9 Å². The van der Waals surface area contributed by atoms with Gasteiger partial charge in [0.15, 0.2) is 0 Å². The summed E-state index contributed by atoms with van der Waals surface area (Å²) in [4.78, 5) is 27.8. The summed E-state index contributed by atoms with van der Waals surface area (Å²) in [5.74, 6) is -1.14. The number of nitrogens with zero attached hydrogens (tertiary/aromatic N) is 2. The minimum atomic E-state index is -3.72. The van der Waals surface area contributed by atoms with E-state index in [1.807, 2.05) is 0 Å². The number of carbonyl (C=O) groups is 2. The molecule has 1 unspecified atom stereocenters. The molecule has 1 N–H and O–H groups in total. The molecule has 1 saturated carbocycles. The maximum atomic E-state index is 14.5. The molecule has 2 aromatic rings. The average Bonchev–Trinajstić information content (AvgIpc) is 2.87. The van der Waals surface area contributed by atoms with Gasteiger partial charge in [-0.05, 0) is 50.5 Å². The minimum absolute atomic E-state index is 0.0270. The molecule has 38 heavy (non-hydrogen) atoms. The van der Waals surface area contributed by atoms with E-state index in [9.17, 15) is 22.4 Å². The third kappa shape index (κ3) is 8.32. The van der Waals surface area contributed by atoms with Crippen LogP contribution in [0.15, 0.2) is 42.5 Å². The summed E-state index contributed by atoms with van der Waals surface area (Å²) in [5.41, 5.74) is 0.513. The number of nitrogens with one attached hydrogen (secondary N) is 1. The predicted molar refractivity (Wildman–Crippen MR) is 149 cm³/mol. The van der Waals surface area contributed by atoms with Crippen LogP contribution in [-0.4, -0.2) is 50.0 Å². The number of sulfonamides is 1. The van der Waals surface area contributed by atoms with E-state index in [0.717, 1.165) is 42.7 Å². The Balaban J connectivity index is 1.75. The van der Waals surface area contributed by atoms with E-state index >= 15 is 0 Å². The van der Waals surface area contributed by atoms with Gasteiger partial charge in [0.05, 0.1) is 17.0 Å². The second-order valence-electron chi connectivity index (χ2n) is 9.67. The fraction of sp³-hybridized carbons (Fsp3) is 0.481. The van der Waals surface area contributed by atoms with Crippen molar-refractivity contribution in [1.82, 2.24) is 10.2 Å². The molecule has 11 heteroatoms. The first-order chi connectivity index (χ1) is 18.0. The SMILES string of the molecule is CC(C(=O)NC1CCCCC1)N(Cc1ccccc1F)C(=O)CCCN(c1cc(Cl)ccc1Cl)S(C)(=O)=O. The van der Waals surface area contributed by atoms with Crippen LogP contribution in [0.4, 0.5) is 10.1 Å². The van der Waals surface area contributed by atoms with E-state index in [2.05, 4.69) is 5.32 Å². The molecule has 1 atom stereocenters. The highest BCUT2D eigenvalue weighted by atomic mass is 35.5. The van der Waals surface area contributed by atoms with Crippen molar-refractivity contribution in [1.29, 1.82) is 0 Å². The van der Waals surface area contributed by atoms with E-state index in [0.29, 0.717) is 10.6 Å². The van der Waals surface area contributed by atoms with Gasteiger partial charge in [0.2, 0.25) is 21.8 Å². The molecule has 208 valence electrons. The highest BCUT2D eigenvalue weighted by molar-refractivity contribution is 7.92. The summed E-state index contributed by atoms with van der Waals surface area (Å²) in [6, 6.07) is 9.86. The number of amides is 2. The van der Waals surface area contributed by atoms with Gasteiger partial charge < -0.3 is 10.2 Å². The summed E-state index contributed by atoms with van der Waals surface area (Å²) in [6.45, 7) is 1.52. The van der Waals surface area contributed by atoms with Crippen LogP contribution in [-0.2, 0) is 26.2 Å². The molecule has 1 aliphatic carbocycles. The number of rotatable bonds is 11. The molecule has 0 heterocycles. The Morgan fingerprint density at radius 3 is 2.45 bits per heavy atom. The Morgan fingerprint density at radius 2 is 1.79 bits per heavy atom. The van der Waals surface area contributed by atoms with Crippen LogP contribution >= 0.6 is 23.2 Å². The number of hydrogen-bond acceptors (Lipinski definition) is 4. The average molecular weight is 587 g/mol. The predicted octanol–water partition coefficient (Wildman–Crippen LogP) is 5.54. The fourth-order valence-electron chi connectivity index (χ4n) is 4.62. The van der Waals surface area contributed by atoms with Crippen molar-refractivity contribution in [3.63, 3.8) is 0 Å². The van der Waals surface area contributed by atoms with Crippen molar-refractivity contribution in [3.8, 4) is 0 Å². The van der Waals surface area contributed by atoms with Gasteiger partial charge in [-0.3, -0.25) is 13.9 Å². The van der Waals surface area contributed by atoms with Crippen molar-refractivity contribution >= 4 is 50.7 Å². The summed E-state index contributed by atoms with van der Waals surface area (Å²) >= 11 is 12.3. The van der Waals surface area contributed by atoms with Crippen LogP contribution in [0.2, 0.25) is 10.0 Å². The number of anilines is 1. The smallest absolute Gasteiger partial charge is 0.242 e. The zero-order chi connectivity index (χ0) is 27.9. The van der Waals surface area contributed by atoms with E-state index in [1.165, 1.54) is 23.1 Å². The highest BCUT2D eigenvalue weighted by Crippen LogP contribution is 2.31. The normalized spacial score (nSPS) is 15.1. The Morgan fingerprint density at radius 1 is 1.11 bits per heavy atom. The van der Waals surface area contributed by atoms with Gasteiger partial charge >= 0.3 is 0 Å². The van der Waals surface area contributed by atoms with Gasteiger partial charge in [0, 0.05) is 36.1 Å². The first-order valence-corrected chi connectivity index (χ1v) is 15.3. The summed E-state index contributed by atoms with van der Waals surface area (Å²) in [5, 5.41) is 3.57. The van der Waals surface area contributed by atoms with E-state index in [1.54, 1.807) is 31.2 Å². The van der Waals surface area contributed by atoms with Crippen LogP contribution in [0.25, 0.3) is 0 Å². The van der Waals surface area contributed by atoms with Crippen LogP contribution in [0.5, 0.6) is 0 Å². The number of hydrogen-bond donors (Lipinski definition) is 1. The van der Waals surface area contributed by atoms with Crippen molar-refractivity contribution < 1.29 is 22.4 Å². The number of carbonyl (C=O) groups excluding carboxylic acids is 2. The lowest BCUT2D eigenvalue weighted by Crippen LogP contribution is -2.50. The molecule has 0 spiro atoms. The van der Waals surface area contributed by atoms with Crippen LogP contribution in [0, 0.1) is 5.82 Å². The minimum Gasteiger partial charge on any atom is -0.352 e. The van der Waals surface area contributed by atoms with Crippen molar-refractivity contribution in [2.45, 2.75) is 70.5 Å². The fourth-order valence-corrected chi connectivity index (χ4v) is 6.03. The first kappa shape index (κ1) is 30.2. The summed E-state index contributed by atoms with van der Waals surface area (Å²) < 4.78 is 40.6. The summed E-state index contributed by atoms with van der Waals surface area (Å²) in [6.07, 6.45) is 6.17. The van der Waals surface area contributed by atoms with E-state index in [4.69, 9.17) is 23.2 Å². The Kier molecular flexibility index (Phi) is 10.8. The molecular formula is C27H34Cl2FN3O4S. The van der Waals surface area contributed by atoms with E-state index < -0.39 is 21.9 Å². The number of halogens is 3. The molecule has 1 fully saturated rings. The lowest BCUT2D eigenvalue weighted by molar-refractivity contribution is -0.141. The summed E-state index contributed by atoms with van der Waals surface area (Å²) in [7, 11) is -3.72. The van der Waals surface area contributed by atoms with Gasteiger partial charge in [0.25, 0.3) is 0 Å². The largest absolute Gasteiger partial charge is 0.352 e. The second kappa shape index (κ2) is 13.6. The quantitative estimate of drug-likeness (QED) is 0.375. The highest BCUT2D eigenvalue weighted by Gasteiger charge is 2.29. The molecule has 2 amide bonds. The molecular weight excluding hydrogens is 552 g/mol. The Bertz CT molecular complexity index is 1240. The lowest BCUT2D eigenvalue weighted by atomic mass is 9.95. The van der Waals surface area contributed by atoms with Gasteiger partial charge in [-0.2, -0.15) is 0 Å².